The minimum atomic E-state index is -4.70. The third kappa shape index (κ3) is 2.60. The fraction of sp³-hybridized carbons (Fsp3) is 0.273. The summed E-state index contributed by atoms with van der Waals surface area (Å²) in [6.07, 6.45) is -4.70. The number of methoxy groups -OCH3 is 1. The monoisotopic (exact) mass is 258 g/mol. The fourth-order valence-electron chi connectivity index (χ4n) is 1.52. The van der Waals surface area contributed by atoms with Crippen LogP contribution in [0, 0.1) is 11.3 Å². The Labute approximate surface area is 101 Å². The molecule has 1 aromatic rings. The molecule has 0 unspecified atom stereocenters. The predicted molar refractivity (Wildman–Crippen MR) is 55.4 cm³/mol. The van der Waals surface area contributed by atoms with Gasteiger partial charge in [0.1, 0.15) is 0 Å². The molecule has 0 aliphatic rings. The van der Waals surface area contributed by atoms with E-state index in [0.717, 1.165) is 19.2 Å². The van der Waals surface area contributed by atoms with Crippen LogP contribution in [-0.4, -0.2) is 13.1 Å². The number of hydrogen-bond donors (Lipinski definition) is 1. The third-order valence-corrected chi connectivity index (χ3v) is 2.26. The molecule has 0 saturated heterocycles. The lowest BCUT2D eigenvalue weighted by molar-refractivity contribution is -0.138. The summed E-state index contributed by atoms with van der Waals surface area (Å²) in [5, 5.41) is 8.74. The summed E-state index contributed by atoms with van der Waals surface area (Å²) in [7, 11) is 1.09. The zero-order chi connectivity index (χ0) is 13.9. The first-order valence-electron chi connectivity index (χ1n) is 4.77. The molecular formula is C11H9F3N2O2. The van der Waals surface area contributed by atoms with Gasteiger partial charge < -0.3 is 10.5 Å². The Kier molecular flexibility index (Phi) is 3.93. The molecule has 0 aliphatic heterocycles. The quantitative estimate of drug-likeness (QED) is 0.821. The van der Waals surface area contributed by atoms with Gasteiger partial charge in [-0.15, -0.1) is 0 Å². The highest BCUT2D eigenvalue weighted by atomic mass is 19.4. The maximum absolute atomic E-state index is 12.8. The standard InChI is InChI=1S/C11H9F3N2O2/c1-18-10(17)6-2-7(4-15)9(11(12,13)14)8(3-6)5-16/h2-3H,4,15H2,1H3. The number of alkyl halides is 3. The summed E-state index contributed by atoms with van der Waals surface area (Å²) in [6.45, 7) is -0.436. The van der Waals surface area contributed by atoms with Gasteiger partial charge in [-0.05, 0) is 17.7 Å². The van der Waals surface area contributed by atoms with E-state index in [2.05, 4.69) is 4.74 Å². The highest BCUT2D eigenvalue weighted by Crippen LogP contribution is 2.35. The molecule has 0 spiro atoms. The molecule has 1 rings (SSSR count). The number of halogens is 3. The second-order valence-electron chi connectivity index (χ2n) is 3.36. The van der Waals surface area contributed by atoms with Crippen LogP contribution in [0.4, 0.5) is 13.2 Å². The van der Waals surface area contributed by atoms with Crippen LogP contribution in [-0.2, 0) is 17.5 Å². The summed E-state index contributed by atoms with van der Waals surface area (Å²) < 4.78 is 42.7. The molecule has 1 aromatic carbocycles. The Morgan fingerprint density at radius 2 is 2.11 bits per heavy atom. The van der Waals surface area contributed by atoms with E-state index in [9.17, 15) is 18.0 Å². The van der Waals surface area contributed by atoms with E-state index < -0.39 is 29.8 Å². The number of nitrogens with two attached hydrogens (primary N) is 1. The summed E-state index contributed by atoms with van der Waals surface area (Å²) >= 11 is 0. The van der Waals surface area contributed by atoms with Crippen molar-refractivity contribution in [3.63, 3.8) is 0 Å². The number of carbonyl (C=O) groups is 1. The van der Waals surface area contributed by atoms with E-state index in [1.165, 1.54) is 6.07 Å². The van der Waals surface area contributed by atoms with Gasteiger partial charge in [-0.2, -0.15) is 18.4 Å². The van der Waals surface area contributed by atoms with Crippen LogP contribution < -0.4 is 5.73 Å². The molecule has 18 heavy (non-hydrogen) atoms. The first-order valence-corrected chi connectivity index (χ1v) is 4.77. The van der Waals surface area contributed by atoms with Crippen LogP contribution in [0.1, 0.15) is 27.0 Å². The van der Waals surface area contributed by atoms with E-state index in [1.807, 2.05) is 0 Å². The Balaban J connectivity index is 3.56. The third-order valence-electron chi connectivity index (χ3n) is 2.26. The van der Waals surface area contributed by atoms with Crippen molar-refractivity contribution in [3.05, 3.63) is 34.4 Å². The van der Waals surface area contributed by atoms with Crippen LogP contribution in [0.3, 0.4) is 0 Å². The summed E-state index contributed by atoms with van der Waals surface area (Å²) in [6, 6.07) is 3.24. The Morgan fingerprint density at radius 3 is 2.50 bits per heavy atom. The van der Waals surface area contributed by atoms with Crippen LogP contribution in [0.5, 0.6) is 0 Å². The van der Waals surface area contributed by atoms with Crippen molar-refractivity contribution < 1.29 is 22.7 Å². The molecule has 0 heterocycles. The molecule has 0 bridgehead atoms. The molecular weight excluding hydrogens is 249 g/mol. The van der Waals surface area contributed by atoms with Gasteiger partial charge in [0.2, 0.25) is 0 Å². The lowest BCUT2D eigenvalue weighted by Gasteiger charge is -2.14. The average molecular weight is 258 g/mol. The van der Waals surface area contributed by atoms with Gasteiger partial charge in [0, 0.05) is 6.54 Å². The summed E-state index contributed by atoms with van der Waals surface area (Å²) in [5.41, 5.74) is 3.01. The van der Waals surface area contributed by atoms with E-state index >= 15 is 0 Å². The number of rotatable bonds is 2. The molecule has 0 amide bonds. The van der Waals surface area contributed by atoms with Crippen molar-refractivity contribution in [2.45, 2.75) is 12.7 Å². The molecule has 4 nitrogen and oxygen atoms in total. The normalized spacial score (nSPS) is 10.9. The summed E-state index contributed by atoms with van der Waals surface area (Å²) in [5.74, 6) is -0.824. The molecule has 0 atom stereocenters. The smallest absolute Gasteiger partial charge is 0.418 e. The van der Waals surface area contributed by atoms with Crippen molar-refractivity contribution in [2.24, 2.45) is 5.73 Å². The Hall–Kier alpha value is -2.07. The van der Waals surface area contributed by atoms with Crippen molar-refractivity contribution in [2.75, 3.05) is 7.11 Å². The molecule has 2 N–H and O–H groups in total. The van der Waals surface area contributed by atoms with E-state index in [1.54, 1.807) is 0 Å². The lowest BCUT2D eigenvalue weighted by Crippen LogP contribution is -2.16. The largest absolute Gasteiger partial charge is 0.465 e. The average Bonchev–Trinajstić information content (AvgIpc) is 2.34. The lowest BCUT2D eigenvalue weighted by atomic mass is 9.97. The Bertz CT molecular complexity index is 518. The fourth-order valence-corrected chi connectivity index (χ4v) is 1.52. The molecule has 0 aliphatic carbocycles. The second kappa shape index (κ2) is 5.06. The first-order chi connectivity index (χ1) is 8.35. The topological polar surface area (TPSA) is 76.1 Å². The van der Waals surface area contributed by atoms with Gasteiger partial charge in [0.15, 0.2) is 0 Å². The highest BCUT2D eigenvalue weighted by molar-refractivity contribution is 5.90. The highest BCUT2D eigenvalue weighted by Gasteiger charge is 2.36. The van der Waals surface area contributed by atoms with Gasteiger partial charge in [-0.3, -0.25) is 0 Å². The molecule has 96 valence electrons. The number of benzene rings is 1. The first kappa shape index (κ1) is 14.0. The number of hydrogen-bond acceptors (Lipinski definition) is 4. The molecule has 0 radical (unpaired) electrons. The number of nitriles is 1. The van der Waals surface area contributed by atoms with Gasteiger partial charge in [-0.25, -0.2) is 4.79 Å². The number of nitrogens with zero attached hydrogens (tertiary/aromatic N) is 1. The zero-order valence-electron chi connectivity index (χ0n) is 9.34. The minimum Gasteiger partial charge on any atom is -0.465 e. The second-order valence-corrected chi connectivity index (χ2v) is 3.36. The molecule has 7 heteroatoms. The van der Waals surface area contributed by atoms with Crippen LogP contribution in [0.2, 0.25) is 0 Å². The van der Waals surface area contributed by atoms with Crippen molar-refractivity contribution >= 4 is 5.97 Å². The summed E-state index contributed by atoms with van der Waals surface area (Å²) in [4.78, 5) is 11.3. The van der Waals surface area contributed by atoms with E-state index in [4.69, 9.17) is 11.0 Å². The van der Waals surface area contributed by atoms with Crippen LogP contribution >= 0.6 is 0 Å². The van der Waals surface area contributed by atoms with Crippen molar-refractivity contribution in [1.82, 2.24) is 0 Å². The SMILES string of the molecule is COC(=O)c1cc(C#N)c(C(F)(F)F)c(CN)c1. The maximum Gasteiger partial charge on any atom is 0.418 e. The van der Waals surface area contributed by atoms with Gasteiger partial charge in [-0.1, -0.05) is 0 Å². The van der Waals surface area contributed by atoms with E-state index in [0.29, 0.717) is 0 Å². The van der Waals surface area contributed by atoms with Gasteiger partial charge >= 0.3 is 12.1 Å². The van der Waals surface area contributed by atoms with Crippen molar-refractivity contribution in [3.8, 4) is 6.07 Å². The molecule has 0 fully saturated rings. The number of esters is 1. The molecule has 0 aromatic heterocycles. The van der Waals surface area contributed by atoms with Crippen LogP contribution in [0.25, 0.3) is 0 Å². The maximum atomic E-state index is 12.8. The Morgan fingerprint density at radius 1 is 1.50 bits per heavy atom. The van der Waals surface area contributed by atoms with Gasteiger partial charge in [0.05, 0.1) is 29.9 Å². The van der Waals surface area contributed by atoms with Crippen molar-refractivity contribution in [1.29, 1.82) is 5.26 Å². The minimum absolute atomic E-state index is 0.137. The molecule has 0 saturated carbocycles. The number of carbonyl (C=O) groups excluding carboxylic acids is 1. The van der Waals surface area contributed by atoms with E-state index in [-0.39, 0.29) is 11.1 Å². The van der Waals surface area contributed by atoms with Crippen LogP contribution in [0.15, 0.2) is 12.1 Å². The van der Waals surface area contributed by atoms with Gasteiger partial charge in [0.25, 0.3) is 0 Å². The predicted octanol–water partition coefficient (Wildman–Crippen LogP) is 1.82. The zero-order valence-corrected chi connectivity index (χ0v) is 9.34. The number of ether oxygens (including phenoxy) is 1.